The number of H-pyrrole nitrogens is 1. The zero-order chi connectivity index (χ0) is 23.0. The van der Waals surface area contributed by atoms with E-state index in [0.717, 1.165) is 35.7 Å². The van der Waals surface area contributed by atoms with Crippen LogP contribution in [0.4, 0.5) is 5.82 Å². The summed E-state index contributed by atoms with van der Waals surface area (Å²) in [5, 5.41) is 3.87. The van der Waals surface area contributed by atoms with Crippen molar-refractivity contribution in [2.45, 2.75) is 56.8 Å². The van der Waals surface area contributed by atoms with Gasteiger partial charge in [0.1, 0.15) is 5.82 Å². The Morgan fingerprint density at radius 2 is 1.97 bits per heavy atom. The molecule has 1 fully saturated rings. The largest absolute Gasteiger partial charge is 0.358 e. The first-order valence-corrected chi connectivity index (χ1v) is 13.2. The summed E-state index contributed by atoms with van der Waals surface area (Å²) < 4.78 is 28.5. The molecule has 2 aliphatic rings. The molecule has 0 bridgehead atoms. The number of carbonyl (C=O) groups excluding carboxylic acids is 1. The highest BCUT2D eigenvalue weighted by molar-refractivity contribution is 7.89. The van der Waals surface area contributed by atoms with Crippen molar-refractivity contribution < 1.29 is 13.2 Å². The molecule has 8 heteroatoms. The second kappa shape index (κ2) is 8.91. The minimum Gasteiger partial charge on any atom is -0.358 e. The number of nitrogens with zero attached hydrogens (tertiary/aromatic N) is 2. The summed E-state index contributed by atoms with van der Waals surface area (Å²) in [4.78, 5) is 20.8. The van der Waals surface area contributed by atoms with Crippen molar-refractivity contribution in [1.29, 1.82) is 0 Å². The van der Waals surface area contributed by atoms with E-state index in [1.54, 1.807) is 12.3 Å². The monoisotopic (exact) mass is 466 g/mol. The predicted molar refractivity (Wildman–Crippen MR) is 129 cm³/mol. The molecule has 0 spiro atoms. The fraction of sp³-hybridized carbons (Fsp3) is 0.440. The maximum atomic E-state index is 13.5. The SMILES string of the molecule is Cc1ccnc(NC(=O)C2CCCN(S(=O)(=O)c3ccc4[nH]c5c(c4c3)CCCCC5)C2)c1. The smallest absolute Gasteiger partial charge is 0.243 e. The second-order valence-corrected chi connectivity index (χ2v) is 11.2. The molecule has 1 aromatic carbocycles. The molecule has 2 aromatic heterocycles. The number of hydrogen-bond donors (Lipinski definition) is 2. The maximum absolute atomic E-state index is 13.5. The Bertz CT molecular complexity index is 1300. The summed E-state index contributed by atoms with van der Waals surface area (Å²) >= 11 is 0. The van der Waals surface area contributed by atoms with Gasteiger partial charge in [-0.25, -0.2) is 13.4 Å². The third-order valence-corrected chi connectivity index (χ3v) is 8.74. The lowest BCUT2D eigenvalue weighted by Gasteiger charge is -2.31. The van der Waals surface area contributed by atoms with Gasteiger partial charge in [0.15, 0.2) is 0 Å². The van der Waals surface area contributed by atoms with Crippen LogP contribution in [0.15, 0.2) is 41.4 Å². The van der Waals surface area contributed by atoms with E-state index in [4.69, 9.17) is 0 Å². The van der Waals surface area contributed by atoms with E-state index in [2.05, 4.69) is 15.3 Å². The number of aromatic amines is 1. The van der Waals surface area contributed by atoms with Crippen molar-refractivity contribution in [2.24, 2.45) is 5.92 Å². The van der Waals surface area contributed by atoms with Crippen LogP contribution in [0.5, 0.6) is 0 Å². The van der Waals surface area contributed by atoms with Crippen LogP contribution in [0.25, 0.3) is 10.9 Å². The summed E-state index contributed by atoms with van der Waals surface area (Å²) in [7, 11) is -3.69. The Morgan fingerprint density at radius 3 is 2.82 bits per heavy atom. The van der Waals surface area contributed by atoms with Gasteiger partial charge < -0.3 is 10.3 Å². The molecular formula is C25H30N4O3S. The number of piperidine rings is 1. The van der Waals surface area contributed by atoms with E-state index in [0.29, 0.717) is 30.1 Å². The van der Waals surface area contributed by atoms with E-state index >= 15 is 0 Å². The number of anilines is 1. The average molecular weight is 467 g/mol. The van der Waals surface area contributed by atoms with Gasteiger partial charge in [-0.15, -0.1) is 0 Å². The van der Waals surface area contributed by atoms with Crippen LogP contribution >= 0.6 is 0 Å². The first-order valence-electron chi connectivity index (χ1n) is 11.8. The maximum Gasteiger partial charge on any atom is 0.243 e. The fourth-order valence-electron chi connectivity index (χ4n) is 5.08. The number of rotatable bonds is 4. The number of pyridine rings is 1. The molecule has 1 atom stereocenters. The van der Waals surface area contributed by atoms with Gasteiger partial charge in [-0.3, -0.25) is 4.79 Å². The Morgan fingerprint density at radius 1 is 1.12 bits per heavy atom. The third-order valence-electron chi connectivity index (χ3n) is 6.88. The standard InChI is InChI=1S/C25H30N4O3S/c1-17-11-12-26-24(14-17)28-25(30)18-6-5-13-29(16-18)33(31,32)19-9-10-23-21(15-19)20-7-3-2-4-8-22(20)27-23/h9-12,14-15,18,27H,2-8,13,16H2,1H3,(H,26,28,30). The van der Waals surface area contributed by atoms with E-state index in [-0.39, 0.29) is 12.5 Å². The van der Waals surface area contributed by atoms with Crippen molar-refractivity contribution in [3.8, 4) is 0 Å². The highest BCUT2D eigenvalue weighted by Gasteiger charge is 2.34. The van der Waals surface area contributed by atoms with Crippen LogP contribution in [0.2, 0.25) is 0 Å². The van der Waals surface area contributed by atoms with Crippen molar-refractivity contribution in [3.05, 3.63) is 53.3 Å². The molecule has 0 radical (unpaired) electrons. The van der Waals surface area contributed by atoms with Gasteiger partial charge >= 0.3 is 0 Å². The number of nitrogens with one attached hydrogen (secondary N) is 2. The highest BCUT2D eigenvalue weighted by Crippen LogP contribution is 2.32. The van der Waals surface area contributed by atoms with Crippen molar-refractivity contribution in [3.63, 3.8) is 0 Å². The Balaban J connectivity index is 1.37. The lowest BCUT2D eigenvalue weighted by molar-refractivity contribution is -0.120. The molecule has 1 aliphatic carbocycles. The molecule has 1 unspecified atom stereocenters. The van der Waals surface area contributed by atoms with Gasteiger partial charge in [-0.05, 0) is 86.9 Å². The molecule has 174 valence electrons. The number of fused-ring (bicyclic) bond motifs is 3. The molecule has 5 rings (SSSR count). The number of hydrogen-bond acceptors (Lipinski definition) is 4. The number of aromatic nitrogens is 2. The summed E-state index contributed by atoms with van der Waals surface area (Å²) in [6.45, 7) is 2.55. The van der Waals surface area contributed by atoms with E-state index in [9.17, 15) is 13.2 Å². The Hall–Kier alpha value is -2.71. The van der Waals surface area contributed by atoms with E-state index < -0.39 is 15.9 Å². The van der Waals surface area contributed by atoms with Gasteiger partial charge in [0.25, 0.3) is 0 Å². The molecule has 1 amide bonds. The lowest BCUT2D eigenvalue weighted by atomic mass is 9.99. The lowest BCUT2D eigenvalue weighted by Crippen LogP contribution is -2.43. The minimum atomic E-state index is -3.69. The zero-order valence-corrected chi connectivity index (χ0v) is 19.7. The Kier molecular flexibility index (Phi) is 5.97. The molecule has 0 saturated carbocycles. The van der Waals surface area contributed by atoms with E-state index in [1.165, 1.54) is 28.4 Å². The van der Waals surface area contributed by atoms with Crippen LogP contribution in [0.3, 0.4) is 0 Å². The molecule has 7 nitrogen and oxygen atoms in total. The number of aryl methyl sites for hydroxylation is 3. The molecule has 33 heavy (non-hydrogen) atoms. The molecule has 3 heterocycles. The van der Waals surface area contributed by atoms with Gasteiger partial charge in [0.05, 0.1) is 10.8 Å². The molecular weight excluding hydrogens is 436 g/mol. The topological polar surface area (TPSA) is 95.2 Å². The quantitative estimate of drug-likeness (QED) is 0.564. The van der Waals surface area contributed by atoms with Crippen LogP contribution in [-0.2, 0) is 27.7 Å². The van der Waals surface area contributed by atoms with Crippen LogP contribution in [0, 0.1) is 12.8 Å². The highest BCUT2D eigenvalue weighted by atomic mass is 32.2. The first-order chi connectivity index (χ1) is 15.9. The minimum absolute atomic E-state index is 0.181. The van der Waals surface area contributed by atoms with Crippen LogP contribution in [-0.4, -0.2) is 41.7 Å². The second-order valence-electron chi connectivity index (χ2n) is 9.26. The molecule has 1 saturated heterocycles. The van der Waals surface area contributed by atoms with Gasteiger partial charge in [-0.2, -0.15) is 4.31 Å². The summed E-state index contributed by atoms with van der Waals surface area (Å²) in [6, 6.07) is 9.07. The third kappa shape index (κ3) is 4.42. The average Bonchev–Trinajstić information content (AvgIpc) is 2.98. The first kappa shape index (κ1) is 22.1. The van der Waals surface area contributed by atoms with Crippen molar-refractivity contribution >= 4 is 32.7 Å². The fourth-order valence-corrected chi connectivity index (χ4v) is 6.63. The van der Waals surface area contributed by atoms with E-state index in [1.807, 2.05) is 31.2 Å². The number of amides is 1. The zero-order valence-electron chi connectivity index (χ0n) is 18.9. The normalized spacial score (nSPS) is 19.7. The summed E-state index contributed by atoms with van der Waals surface area (Å²) in [5.41, 5.74) is 4.52. The Labute approximate surface area is 194 Å². The number of sulfonamides is 1. The van der Waals surface area contributed by atoms with Crippen molar-refractivity contribution in [2.75, 3.05) is 18.4 Å². The predicted octanol–water partition coefficient (Wildman–Crippen LogP) is 4.18. The molecule has 2 N–H and O–H groups in total. The van der Waals surface area contributed by atoms with Gasteiger partial charge in [-0.1, -0.05) is 6.42 Å². The summed E-state index contributed by atoms with van der Waals surface area (Å²) in [5.74, 6) is -0.0823. The molecule has 1 aliphatic heterocycles. The van der Waals surface area contributed by atoms with Crippen LogP contribution < -0.4 is 5.32 Å². The number of benzene rings is 1. The van der Waals surface area contributed by atoms with Crippen LogP contribution in [0.1, 0.15) is 48.9 Å². The number of carbonyl (C=O) groups is 1. The molecule has 3 aromatic rings. The summed E-state index contributed by atoms with van der Waals surface area (Å²) in [6.07, 6.45) is 8.48. The van der Waals surface area contributed by atoms with Gasteiger partial charge in [0, 0.05) is 35.9 Å². The van der Waals surface area contributed by atoms with Crippen molar-refractivity contribution in [1.82, 2.24) is 14.3 Å². The van der Waals surface area contributed by atoms with Gasteiger partial charge in [0.2, 0.25) is 15.9 Å².